The van der Waals surface area contributed by atoms with Crippen molar-refractivity contribution in [2.75, 3.05) is 0 Å². The van der Waals surface area contributed by atoms with E-state index in [9.17, 15) is 0 Å². The first-order chi connectivity index (χ1) is 19.3. The highest BCUT2D eigenvalue weighted by Crippen LogP contribution is 2.38. The van der Waals surface area contributed by atoms with Gasteiger partial charge in [0.15, 0.2) is 0 Å². The molecule has 0 bridgehead atoms. The van der Waals surface area contributed by atoms with Gasteiger partial charge in [0.1, 0.15) is 23.7 Å². The molecular weight excluding hydrogens is 504 g/mol. The van der Waals surface area contributed by atoms with Gasteiger partial charge in [-0.1, -0.05) is 128 Å². The van der Waals surface area contributed by atoms with E-state index in [1.165, 1.54) is 0 Å². The molecule has 0 amide bonds. The Morgan fingerprint density at radius 3 is 1.41 bits per heavy atom. The Kier molecular flexibility index (Phi) is 10.2. The molecule has 0 saturated carbocycles. The van der Waals surface area contributed by atoms with E-state index in [-0.39, 0.29) is 29.9 Å². The highest BCUT2D eigenvalue weighted by atomic mass is 32.2. The molecule has 1 saturated heterocycles. The molecule has 4 aromatic rings. The van der Waals surface area contributed by atoms with Gasteiger partial charge in [-0.3, -0.25) is 0 Å². The number of rotatable bonds is 12. The van der Waals surface area contributed by atoms with Crippen LogP contribution in [0.4, 0.5) is 0 Å². The molecule has 0 radical (unpaired) electrons. The molecule has 5 rings (SSSR count). The van der Waals surface area contributed by atoms with E-state index in [1.807, 2.05) is 60.7 Å². The molecule has 5 atom stereocenters. The zero-order chi connectivity index (χ0) is 26.7. The van der Waals surface area contributed by atoms with Crippen LogP contribution >= 0.6 is 11.8 Å². The molecule has 39 heavy (non-hydrogen) atoms. The highest BCUT2D eigenvalue weighted by Gasteiger charge is 2.48. The summed E-state index contributed by atoms with van der Waals surface area (Å²) in [5.74, 6) is 0. The monoisotopic (exact) mass is 540 g/mol. The lowest BCUT2D eigenvalue weighted by Crippen LogP contribution is -2.59. The topological polar surface area (TPSA) is 36.9 Å². The Hall–Kier alpha value is -2.93. The van der Waals surface area contributed by atoms with Gasteiger partial charge in [0.05, 0.1) is 25.9 Å². The van der Waals surface area contributed by atoms with E-state index < -0.39 is 0 Å². The lowest BCUT2D eigenvalue weighted by Gasteiger charge is -2.46. The maximum atomic E-state index is 6.76. The van der Waals surface area contributed by atoms with Crippen LogP contribution in [0, 0.1) is 0 Å². The van der Waals surface area contributed by atoms with Crippen LogP contribution in [0.15, 0.2) is 126 Å². The van der Waals surface area contributed by atoms with Gasteiger partial charge in [0.2, 0.25) is 0 Å². The summed E-state index contributed by atoms with van der Waals surface area (Å²) in [5, 5.41) is 0. The summed E-state index contributed by atoms with van der Waals surface area (Å²) in [6.07, 6.45) is -0.276. The van der Waals surface area contributed by atoms with E-state index in [0.29, 0.717) is 19.8 Å². The molecule has 0 spiro atoms. The summed E-state index contributed by atoms with van der Waals surface area (Å²) >= 11 is 1.69. The summed E-state index contributed by atoms with van der Waals surface area (Å²) in [5.41, 5.74) is 3.10. The summed E-state index contributed by atoms with van der Waals surface area (Å²) in [6, 6.07) is 41.2. The second-order valence-electron chi connectivity index (χ2n) is 9.67. The number of hydrogen-bond acceptors (Lipinski definition) is 5. The molecule has 2 unspecified atom stereocenters. The van der Waals surface area contributed by atoms with Crippen LogP contribution in [0.2, 0.25) is 0 Å². The number of ether oxygens (including phenoxy) is 4. The third kappa shape index (κ3) is 7.81. The molecule has 1 fully saturated rings. The Balaban J connectivity index is 1.44. The number of hydrogen-bond donors (Lipinski definition) is 0. The van der Waals surface area contributed by atoms with E-state index in [0.717, 1.165) is 28.0 Å². The van der Waals surface area contributed by atoms with Crippen molar-refractivity contribution in [3.05, 3.63) is 138 Å². The fourth-order valence-electron chi connectivity index (χ4n) is 4.80. The molecule has 0 aliphatic carbocycles. The van der Waals surface area contributed by atoms with Gasteiger partial charge in [0.25, 0.3) is 0 Å². The third-order valence-electron chi connectivity index (χ3n) is 6.84. The zero-order valence-electron chi connectivity index (χ0n) is 22.3. The van der Waals surface area contributed by atoms with Crippen molar-refractivity contribution in [2.24, 2.45) is 0 Å². The van der Waals surface area contributed by atoms with Gasteiger partial charge >= 0.3 is 0 Å². The van der Waals surface area contributed by atoms with Gasteiger partial charge in [0, 0.05) is 4.90 Å². The van der Waals surface area contributed by atoms with Gasteiger partial charge in [-0.15, -0.1) is 0 Å². The maximum Gasteiger partial charge on any atom is 0.136 e. The van der Waals surface area contributed by atoms with Crippen molar-refractivity contribution in [1.82, 2.24) is 0 Å². The smallest absolute Gasteiger partial charge is 0.136 e. The van der Waals surface area contributed by atoms with Crippen molar-refractivity contribution >= 4 is 11.8 Å². The number of thioether (sulfide) groups is 1. The Labute approximate surface area is 236 Å². The predicted octanol–water partition coefficient (Wildman–Crippen LogP) is 7.67. The lowest BCUT2D eigenvalue weighted by atomic mass is 9.97. The van der Waals surface area contributed by atoms with Crippen LogP contribution < -0.4 is 0 Å². The average Bonchev–Trinajstić information content (AvgIpc) is 3.00. The number of benzene rings is 4. The zero-order valence-corrected chi connectivity index (χ0v) is 23.1. The van der Waals surface area contributed by atoms with Crippen molar-refractivity contribution in [1.29, 1.82) is 0 Å². The second-order valence-corrected chi connectivity index (χ2v) is 10.8. The van der Waals surface area contributed by atoms with Gasteiger partial charge in [-0.25, -0.2) is 0 Å². The summed E-state index contributed by atoms with van der Waals surface area (Å²) in [6.45, 7) is 3.57. The van der Waals surface area contributed by atoms with Crippen molar-refractivity contribution < 1.29 is 18.9 Å². The first-order valence-corrected chi connectivity index (χ1v) is 14.5. The minimum atomic E-state index is -0.345. The Morgan fingerprint density at radius 1 is 0.538 bits per heavy atom. The largest absolute Gasteiger partial charge is 0.368 e. The SMILES string of the molecule is CCC1O[C@@H](Sc2ccccc2)C(OCc2ccccc2)[C@@H](OCc2ccccc2)[C@H]1OCc1ccccc1. The molecule has 0 N–H and O–H groups in total. The van der Waals surface area contributed by atoms with Gasteiger partial charge < -0.3 is 18.9 Å². The van der Waals surface area contributed by atoms with E-state index >= 15 is 0 Å². The fraction of sp³-hybridized carbons (Fsp3) is 0.294. The van der Waals surface area contributed by atoms with Gasteiger partial charge in [-0.05, 0) is 35.2 Å². The van der Waals surface area contributed by atoms with Crippen LogP contribution in [0.3, 0.4) is 0 Å². The van der Waals surface area contributed by atoms with Crippen molar-refractivity contribution in [2.45, 2.75) is 67.9 Å². The summed E-state index contributed by atoms with van der Waals surface area (Å²) in [4.78, 5) is 1.14. The molecule has 4 nitrogen and oxygen atoms in total. The predicted molar refractivity (Wildman–Crippen MR) is 156 cm³/mol. The highest BCUT2D eigenvalue weighted by molar-refractivity contribution is 7.99. The van der Waals surface area contributed by atoms with Crippen molar-refractivity contribution in [3.63, 3.8) is 0 Å². The van der Waals surface area contributed by atoms with E-state index in [2.05, 4.69) is 67.6 Å². The third-order valence-corrected chi connectivity index (χ3v) is 8.00. The molecule has 1 aliphatic heterocycles. The molecule has 5 heteroatoms. The molecular formula is C34H36O4S. The Bertz CT molecular complexity index is 1220. The summed E-state index contributed by atoms with van der Waals surface area (Å²) < 4.78 is 26.8. The summed E-state index contributed by atoms with van der Waals surface area (Å²) in [7, 11) is 0. The minimum absolute atomic E-state index is 0.132. The van der Waals surface area contributed by atoms with Crippen LogP contribution in [0.5, 0.6) is 0 Å². The van der Waals surface area contributed by atoms with Crippen molar-refractivity contribution in [3.8, 4) is 0 Å². The second kappa shape index (κ2) is 14.5. The fourth-order valence-corrected chi connectivity index (χ4v) is 5.95. The van der Waals surface area contributed by atoms with Crippen LogP contribution in [0.1, 0.15) is 30.0 Å². The molecule has 4 aromatic carbocycles. The Morgan fingerprint density at radius 2 is 0.949 bits per heavy atom. The average molecular weight is 541 g/mol. The van der Waals surface area contributed by atoms with Crippen LogP contribution in [0.25, 0.3) is 0 Å². The molecule has 0 aromatic heterocycles. The maximum absolute atomic E-state index is 6.76. The standard InChI is InChI=1S/C34H36O4S/c1-2-30-31(35-23-26-15-7-3-8-16-26)32(36-24-27-17-9-4-10-18-27)33(37-25-28-19-11-5-12-20-28)34(38-30)39-29-21-13-6-14-22-29/h3-22,30-34H,2,23-25H2,1H3/t30?,31-,32-,33?,34-/m0/s1. The van der Waals surface area contributed by atoms with E-state index in [1.54, 1.807) is 11.8 Å². The van der Waals surface area contributed by atoms with Crippen LogP contribution in [-0.2, 0) is 38.8 Å². The first-order valence-electron chi connectivity index (χ1n) is 13.6. The molecule has 1 heterocycles. The molecule has 202 valence electrons. The lowest BCUT2D eigenvalue weighted by molar-refractivity contribution is -0.246. The quantitative estimate of drug-likeness (QED) is 0.184. The van der Waals surface area contributed by atoms with Crippen LogP contribution in [-0.4, -0.2) is 29.9 Å². The minimum Gasteiger partial charge on any atom is -0.368 e. The normalized spacial score (nSPS) is 22.9. The first kappa shape index (κ1) is 27.6. The van der Waals surface area contributed by atoms with E-state index in [4.69, 9.17) is 18.9 Å². The molecule has 1 aliphatic rings. The van der Waals surface area contributed by atoms with Gasteiger partial charge in [-0.2, -0.15) is 0 Å².